The largest absolute Gasteiger partial charge is 0.287 e. The summed E-state index contributed by atoms with van der Waals surface area (Å²) in [7, 11) is 0.331. The lowest BCUT2D eigenvalue weighted by Crippen LogP contribution is -2.26. The molecule has 0 bridgehead atoms. The van der Waals surface area contributed by atoms with Crippen LogP contribution in [0.1, 0.15) is 16.1 Å². The van der Waals surface area contributed by atoms with Crippen LogP contribution in [0.4, 0.5) is 5.13 Å². The Kier molecular flexibility index (Phi) is 6.40. The van der Waals surface area contributed by atoms with Crippen LogP contribution in [-0.4, -0.2) is 43.4 Å². The third-order valence-electron chi connectivity index (χ3n) is 4.59. The summed E-state index contributed by atoms with van der Waals surface area (Å²) >= 11 is 7.52. The second-order valence-electron chi connectivity index (χ2n) is 6.92. The molecular weight excluding hydrogens is 466 g/mol. The molecule has 4 aromatic rings. The zero-order chi connectivity index (χ0) is 22.8. The Morgan fingerprint density at radius 1 is 1.12 bits per heavy atom. The van der Waals surface area contributed by atoms with Gasteiger partial charge in [0.15, 0.2) is 5.13 Å². The maximum atomic E-state index is 13.0. The highest BCUT2D eigenvalue weighted by atomic mass is 35.5. The van der Waals surface area contributed by atoms with Crippen molar-refractivity contribution < 1.29 is 9.00 Å². The Morgan fingerprint density at radius 2 is 1.94 bits per heavy atom. The highest BCUT2D eigenvalue weighted by Gasteiger charge is 2.23. The summed E-state index contributed by atoms with van der Waals surface area (Å²) in [6, 6.07) is 12.6. The molecule has 0 saturated heterocycles. The quantitative estimate of drug-likeness (QED) is 0.384. The molecule has 3 aromatic heterocycles. The summed E-state index contributed by atoms with van der Waals surface area (Å²) in [5.74, 6) is -0.228. The Hall–Kier alpha value is -3.01. The van der Waals surface area contributed by atoms with Crippen molar-refractivity contribution in [2.45, 2.75) is 12.1 Å². The zero-order valence-electron chi connectivity index (χ0n) is 17.4. The van der Waals surface area contributed by atoms with Crippen molar-refractivity contribution in [3.05, 3.63) is 71.1 Å². The topological polar surface area (TPSA) is 88.9 Å². The number of carbonyl (C=O) groups is 1. The van der Waals surface area contributed by atoms with Gasteiger partial charge in [0, 0.05) is 42.0 Å². The molecule has 1 amide bonds. The number of hydrogen-bond acceptors (Lipinski definition) is 7. The molecule has 0 fully saturated rings. The average Bonchev–Trinajstić information content (AvgIpc) is 3.24. The molecule has 32 heavy (non-hydrogen) atoms. The number of pyridine rings is 1. The molecule has 1 atom stereocenters. The third kappa shape index (κ3) is 4.59. The zero-order valence-corrected chi connectivity index (χ0v) is 19.8. The fourth-order valence-corrected chi connectivity index (χ4v) is 4.58. The molecule has 0 radical (unpaired) electrons. The molecular formula is C22H18ClN5O2S2. The van der Waals surface area contributed by atoms with Crippen LogP contribution in [0.2, 0.25) is 5.02 Å². The van der Waals surface area contributed by atoms with Crippen LogP contribution in [0.15, 0.2) is 60.0 Å². The molecule has 0 aliphatic rings. The van der Waals surface area contributed by atoms with Gasteiger partial charge in [0.2, 0.25) is 5.16 Å². The van der Waals surface area contributed by atoms with E-state index in [4.69, 9.17) is 16.6 Å². The summed E-state index contributed by atoms with van der Waals surface area (Å²) in [6.07, 6.45) is 4.64. The molecule has 0 spiro atoms. The second-order valence-corrected chi connectivity index (χ2v) is 9.60. The van der Waals surface area contributed by atoms with E-state index in [1.807, 2.05) is 19.1 Å². The summed E-state index contributed by atoms with van der Waals surface area (Å²) < 4.78 is 11.9. The van der Waals surface area contributed by atoms with E-state index >= 15 is 0 Å². The van der Waals surface area contributed by atoms with Crippen molar-refractivity contribution in [3.63, 3.8) is 0 Å². The molecule has 162 valence electrons. The standard InChI is InChI=1S/C22H18ClN5O2S2/c1-13-7-8-15(12-25-13)20(29)28(2)22-27-18(14-5-4-6-16(23)11-14)19(31-22)17-9-10-24-21(26-17)32(3)30/h4-12H,1-3H3. The van der Waals surface area contributed by atoms with E-state index in [0.29, 0.717) is 27.1 Å². The normalized spacial score (nSPS) is 11.9. The molecule has 1 unspecified atom stereocenters. The van der Waals surface area contributed by atoms with Crippen molar-refractivity contribution in [1.29, 1.82) is 0 Å². The number of amides is 1. The van der Waals surface area contributed by atoms with E-state index < -0.39 is 10.8 Å². The van der Waals surface area contributed by atoms with Crippen molar-refractivity contribution in [3.8, 4) is 21.8 Å². The second kappa shape index (κ2) is 9.23. The predicted octanol–water partition coefficient (Wildman–Crippen LogP) is 4.64. The molecule has 4 rings (SSSR count). The first kappa shape index (κ1) is 22.2. The molecule has 7 nitrogen and oxygen atoms in total. The van der Waals surface area contributed by atoms with Crippen LogP contribution in [0.5, 0.6) is 0 Å². The average molecular weight is 484 g/mol. The Balaban J connectivity index is 1.82. The van der Waals surface area contributed by atoms with E-state index in [-0.39, 0.29) is 11.1 Å². The van der Waals surface area contributed by atoms with Crippen LogP contribution in [-0.2, 0) is 10.8 Å². The summed E-state index contributed by atoms with van der Waals surface area (Å²) in [5.41, 5.74) is 3.27. The van der Waals surface area contributed by atoms with E-state index in [1.54, 1.807) is 49.8 Å². The minimum atomic E-state index is -1.33. The fraction of sp³-hybridized carbons (Fsp3) is 0.136. The molecule has 0 saturated carbocycles. The maximum absolute atomic E-state index is 13.0. The monoisotopic (exact) mass is 483 g/mol. The van der Waals surface area contributed by atoms with Gasteiger partial charge in [-0.3, -0.25) is 18.9 Å². The van der Waals surface area contributed by atoms with Crippen molar-refractivity contribution in [2.75, 3.05) is 18.2 Å². The van der Waals surface area contributed by atoms with Crippen LogP contribution >= 0.6 is 22.9 Å². The number of rotatable bonds is 5. The summed E-state index contributed by atoms with van der Waals surface area (Å²) in [4.78, 5) is 32.7. The number of nitrogens with zero attached hydrogens (tertiary/aromatic N) is 5. The molecule has 1 aromatic carbocycles. The smallest absolute Gasteiger partial charge is 0.261 e. The predicted molar refractivity (Wildman–Crippen MR) is 128 cm³/mol. The Morgan fingerprint density at radius 3 is 2.62 bits per heavy atom. The fourth-order valence-electron chi connectivity index (χ4n) is 2.94. The molecule has 0 aliphatic carbocycles. The van der Waals surface area contributed by atoms with Gasteiger partial charge in [0.05, 0.1) is 32.6 Å². The number of benzene rings is 1. The lowest BCUT2D eigenvalue weighted by atomic mass is 10.1. The van der Waals surface area contributed by atoms with Gasteiger partial charge in [0.25, 0.3) is 5.91 Å². The SMILES string of the molecule is Cc1ccc(C(=O)N(C)c2nc(-c3cccc(Cl)c3)c(-c3ccnc(S(C)=O)n3)s2)cn1. The van der Waals surface area contributed by atoms with E-state index in [0.717, 1.165) is 16.1 Å². The van der Waals surface area contributed by atoms with Gasteiger partial charge in [0.1, 0.15) is 0 Å². The van der Waals surface area contributed by atoms with E-state index in [9.17, 15) is 9.00 Å². The first-order chi connectivity index (χ1) is 15.3. The van der Waals surface area contributed by atoms with Gasteiger partial charge < -0.3 is 0 Å². The number of thiazole rings is 1. The first-order valence-corrected chi connectivity index (χ1v) is 12.2. The van der Waals surface area contributed by atoms with Gasteiger partial charge in [-0.15, -0.1) is 0 Å². The summed E-state index contributed by atoms with van der Waals surface area (Å²) in [6.45, 7) is 1.86. The van der Waals surface area contributed by atoms with Gasteiger partial charge in [-0.1, -0.05) is 35.1 Å². The van der Waals surface area contributed by atoms with Crippen molar-refractivity contribution in [1.82, 2.24) is 19.9 Å². The molecule has 3 heterocycles. The minimum absolute atomic E-state index is 0.227. The van der Waals surface area contributed by atoms with Crippen LogP contribution < -0.4 is 4.90 Å². The number of anilines is 1. The van der Waals surface area contributed by atoms with Gasteiger partial charge in [-0.25, -0.2) is 15.0 Å². The van der Waals surface area contributed by atoms with Crippen LogP contribution in [0, 0.1) is 6.92 Å². The number of carbonyl (C=O) groups excluding carboxylic acids is 1. The number of halogens is 1. The first-order valence-electron chi connectivity index (χ1n) is 9.48. The number of aromatic nitrogens is 4. The minimum Gasteiger partial charge on any atom is -0.287 e. The highest BCUT2D eigenvalue weighted by Crippen LogP contribution is 2.40. The Bertz CT molecular complexity index is 1320. The van der Waals surface area contributed by atoms with Crippen LogP contribution in [0.25, 0.3) is 21.8 Å². The molecule has 10 heteroatoms. The van der Waals surface area contributed by atoms with Crippen molar-refractivity contribution in [2.24, 2.45) is 0 Å². The number of hydrogen-bond donors (Lipinski definition) is 0. The van der Waals surface area contributed by atoms with Gasteiger partial charge in [-0.05, 0) is 37.3 Å². The van der Waals surface area contributed by atoms with Gasteiger partial charge >= 0.3 is 0 Å². The van der Waals surface area contributed by atoms with Crippen LogP contribution in [0.3, 0.4) is 0 Å². The molecule has 0 N–H and O–H groups in total. The Labute approximate surface area is 196 Å². The molecule has 0 aliphatic heterocycles. The highest BCUT2D eigenvalue weighted by molar-refractivity contribution is 7.84. The number of aryl methyl sites for hydroxylation is 1. The van der Waals surface area contributed by atoms with Crippen molar-refractivity contribution >= 4 is 44.8 Å². The van der Waals surface area contributed by atoms with E-state index in [1.165, 1.54) is 22.5 Å². The maximum Gasteiger partial charge on any atom is 0.261 e. The lowest BCUT2D eigenvalue weighted by Gasteiger charge is -2.13. The summed E-state index contributed by atoms with van der Waals surface area (Å²) in [5, 5.41) is 1.28. The lowest BCUT2D eigenvalue weighted by molar-refractivity contribution is 0.0992. The third-order valence-corrected chi connectivity index (χ3v) is 6.69. The van der Waals surface area contributed by atoms with Gasteiger partial charge in [-0.2, -0.15) is 0 Å². The van der Waals surface area contributed by atoms with E-state index in [2.05, 4.69) is 15.0 Å².